The summed E-state index contributed by atoms with van der Waals surface area (Å²) < 4.78 is 2.00. The summed E-state index contributed by atoms with van der Waals surface area (Å²) in [5.74, 6) is 0.525. The average molecular weight is 269 g/mol. The predicted octanol–water partition coefficient (Wildman–Crippen LogP) is 1.94. The molecule has 0 N–H and O–H groups in total. The number of aromatic nitrogens is 3. The van der Waals surface area contributed by atoms with Gasteiger partial charge in [-0.3, -0.25) is 10.1 Å². The molecular formula is C8H5BrN4O2. The van der Waals surface area contributed by atoms with Gasteiger partial charge >= 0.3 is 5.69 Å². The molecule has 0 radical (unpaired) electrons. The van der Waals surface area contributed by atoms with E-state index in [-0.39, 0.29) is 5.69 Å². The van der Waals surface area contributed by atoms with Crippen molar-refractivity contribution in [2.24, 2.45) is 0 Å². The van der Waals surface area contributed by atoms with E-state index in [0.29, 0.717) is 10.4 Å². The maximum Gasteiger partial charge on any atom is 0.307 e. The number of hydrogen-bond donors (Lipinski definition) is 0. The molecule has 0 spiro atoms. The monoisotopic (exact) mass is 268 g/mol. The summed E-state index contributed by atoms with van der Waals surface area (Å²) >= 11 is 3.21. The van der Waals surface area contributed by atoms with Crippen molar-refractivity contribution >= 4 is 21.6 Å². The standard InChI is InChI=1S/C8H5BrN4O2/c9-7-2-1-3-8(11-7)12-5-6(4-10-12)13(14)15/h1-5H. The molecule has 2 heterocycles. The number of halogens is 1. The topological polar surface area (TPSA) is 73.8 Å². The fourth-order valence-electron chi connectivity index (χ4n) is 1.06. The van der Waals surface area contributed by atoms with Gasteiger partial charge in [-0.2, -0.15) is 5.10 Å². The summed E-state index contributed by atoms with van der Waals surface area (Å²) in [5.41, 5.74) is -0.0585. The van der Waals surface area contributed by atoms with E-state index >= 15 is 0 Å². The minimum absolute atomic E-state index is 0.0585. The van der Waals surface area contributed by atoms with Gasteiger partial charge in [0, 0.05) is 0 Å². The van der Waals surface area contributed by atoms with Crippen molar-refractivity contribution in [1.29, 1.82) is 0 Å². The van der Waals surface area contributed by atoms with Crippen molar-refractivity contribution in [3.05, 3.63) is 45.3 Å². The van der Waals surface area contributed by atoms with E-state index < -0.39 is 4.92 Å². The lowest BCUT2D eigenvalue weighted by Crippen LogP contribution is -1.97. The molecule has 6 nitrogen and oxygen atoms in total. The molecule has 7 heteroatoms. The maximum absolute atomic E-state index is 10.4. The minimum Gasteiger partial charge on any atom is -0.258 e. The summed E-state index contributed by atoms with van der Waals surface area (Å²) in [6.45, 7) is 0. The first-order chi connectivity index (χ1) is 7.16. The highest BCUT2D eigenvalue weighted by molar-refractivity contribution is 9.10. The van der Waals surface area contributed by atoms with Gasteiger partial charge < -0.3 is 0 Å². The van der Waals surface area contributed by atoms with Crippen LogP contribution < -0.4 is 0 Å². The SMILES string of the molecule is O=[N+]([O-])c1cnn(-c2cccc(Br)n2)c1. The zero-order valence-electron chi connectivity index (χ0n) is 7.37. The molecule has 2 rings (SSSR count). The van der Waals surface area contributed by atoms with Gasteiger partial charge in [-0.1, -0.05) is 6.07 Å². The van der Waals surface area contributed by atoms with E-state index in [1.807, 2.05) is 0 Å². The predicted molar refractivity (Wildman–Crippen MR) is 55.7 cm³/mol. The van der Waals surface area contributed by atoms with Gasteiger partial charge in [0.05, 0.1) is 4.92 Å². The highest BCUT2D eigenvalue weighted by atomic mass is 79.9. The molecule has 0 aromatic carbocycles. The minimum atomic E-state index is -0.499. The fraction of sp³-hybridized carbons (Fsp3) is 0. The average Bonchev–Trinajstić information content (AvgIpc) is 2.66. The molecule has 15 heavy (non-hydrogen) atoms. The smallest absolute Gasteiger partial charge is 0.258 e. The molecular weight excluding hydrogens is 264 g/mol. The zero-order valence-corrected chi connectivity index (χ0v) is 8.96. The molecule has 76 valence electrons. The van der Waals surface area contributed by atoms with Crippen molar-refractivity contribution < 1.29 is 4.92 Å². The summed E-state index contributed by atoms with van der Waals surface area (Å²) in [7, 11) is 0. The molecule has 0 aliphatic heterocycles. The van der Waals surface area contributed by atoms with Gasteiger partial charge in [0.15, 0.2) is 5.82 Å². The maximum atomic E-state index is 10.4. The lowest BCUT2D eigenvalue weighted by Gasteiger charge is -1.98. The fourth-order valence-corrected chi connectivity index (χ4v) is 1.39. The van der Waals surface area contributed by atoms with Crippen molar-refractivity contribution in [3.63, 3.8) is 0 Å². The first kappa shape index (κ1) is 9.78. The van der Waals surface area contributed by atoms with E-state index in [1.54, 1.807) is 18.2 Å². The normalized spacial score (nSPS) is 10.2. The first-order valence-corrected chi connectivity index (χ1v) is 4.78. The second-order valence-corrected chi connectivity index (χ2v) is 3.53. The number of nitrogens with zero attached hydrogens (tertiary/aromatic N) is 4. The van der Waals surface area contributed by atoms with E-state index in [4.69, 9.17) is 0 Å². The largest absolute Gasteiger partial charge is 0.307 e. The number of pyridine rings is 1. The Kier molecular flexibility index (Phi) is 2.46. The van der Waals surface area contributed by atoms with Gasteiger partial charge in [0.1, 0.15) is 17.0 Å². The summed E-state index contributed by atoms with van der Waals surface area (Å²) in [6.07, 6.45) is 2.50. The van der Waals surface area contributed by atoms with E-state index in [1.165, 1.54) is 17.1 Å². The molecule has 0 saturated carbocycles. The Balaban J connectivity index is 2.41. The lowest BCUT2D eigenvalue weighted by atomic mass is 10.5. The van der Waals surface area contributed by atoms with Crippen LogP contribution in [0.4, 0.5) is 5.69 Å². The molecule has 0 atom stereocenters. The Morgan fingerprint density at radius 2 is 2.27 bits per heavy atom. The number of nitro groups is 1. The molecule has 2 aromatic rings. The second-order valence-electron chi connectivity index (χ2n) is 2.72. The molecule has 0 fully saturated rings. The lowest BCUT2D eigenvalue weighted by molar-refractivity contribution is -0.384. The number of hydrogen-bond acceptors (Lipinski definition) is 4. The zero-order chi connectivity index (χ0) is 10.8. The van der Waals surface area contributed by atoms with E-state index in [9.17, 15) is 10.1 Å². The number of rotatable bonds is 2. The van der Waals surface area contributed by atoms with Crippen LogP contribution in [0.25, 0.3) is 5.82 Å². The molecule has 0 amide bonds. The Labute approximate surface area is 92.8 Å². The van der Waals surface area contributed by atoms with Gasteiger partial charge in [0.25, 0.3) is 0 Å². The third-order valence-corrected chi connectivity index (χ3v) is 2.16. The summed E-state index contributed by atoms with van der Waals surface area (Å²) in [4.78, 5) is 14.0. The van der Waals surface area contributed by atoms with Crippen LogP contribution in [0.2, 0.25) is 0 Å². The Morgan fingerprint density at radius 3 is 2.87 bits per heavy atom. The van der Waals surface area contributed by atoms with Crippen molar-refractivity contribution in [2.75, 3.05) is 0 Å². The first-order valence-electron chi connectivity index (χ1n) is 3.99. The molecule has 0 saturated heterocycles. The third-order valence-electron chi connectivity index (χ3n) is 1.71. The van der Waals surface area contributed by atoms with E-state index in [0.717, 1.165) is 0 Å². The summed E-state index contributed by atoms with van der Waals surface area (Å²) in [5, 5.41) is 14.3. The Bertz CT molecular complexity index is 511. The van der Waals surface area contributed by atoms with Crippen LogP contribution >= 0.6 is 15.9 Å². The molecule has 0 aliphatic carbocycles. The van der Waals surface area contributed by atoms with Crippen LogP contribution in [0, 0.1) is 10.1 Å². The van der Waals surface area contributed by atoms with Crippen LogP contribution in [-0.2, 0) is 0 Å². The van der Waals surface area contributed by atoms with Gasteiger partial charge in [0.2, 0.25) is 0 Å². The van der Waals surface area contributed by atoms with Crippen LogP contribution in [0.3, 0.4) is 0 Å². The molecule has 0 bridgehead atoms. The van der Waals surface area contributed by atoms with Crippen LogP contribution in [0.15, 0.2) is 35.2 Å². The highest BCUT2D eigenvalue weighted by Gasteiger charge is 2.10. The van der Waals surface area contributed by atoms with Crippen molar-refractivity contribution in [1.82, 2.24) is 14.8 Å². The van der Waals surface area contributed by atoms with E-state index in [2.05, 4.69) is 26.0 Å². The third kappa shape index (κ3) is 2.01. The van der Waals surface area contributed by atoms with Crippen molar-refractivity contribution in [2.45, 2.75) is 0 Å². The molecule has 0 aliphatic rings. The molecule has 0 unspecified atom stereocenters. The Hall–Kier alpha value is -1.76. The summed E-state index contributed by atoms with van der Waals surface area (Å²) in [6, 6.07) is 5.25. The van der Waals surface area contributed by atoms with Crippen LogP contribution in [0.5, 0.6) is 0 Å². The Morgan fingerprint density at radius 1 is 1.47 bits per heavy atom. The van der Waals surface area contributed by atoms with Gasteiger partial charge in [-0.15, -0.1) is 0 Å². The quantitative estimate of drug-likeness (QED) is 0.474. The van der Waals surface area contributed by atoms with Gasteiger partial charge in [-0.25, -0.2) is 9.67 Å². The van der Waals surface area contributed by atoms with Crippen LogP contribution in [0.1, 0.15) is 0 Å². The van der Waals surface area contributed by atoms with Crippen LogP contribution in [-0.4, -0.2) is 19.7 Å². The van der Waals surface area contributed by atoms with Crippen molar-refractivity contribution in [3.8, 4) is 5.82 Å². The molecule has 2 aromatic heterocycles. The highest BCUT2D eigenvalue weighted by Crippen LogP contribution is 2.13. The van der Waals surface area contributed by atoms with Gasteiger partial charge in [-0.05, 0) is 28.1 Å². The second kappa shape index (κ2) is 3.77.